The molecule has 0 saturated heterocycles. The monoisotopic (exact) mass is 158 g/mol. The molecule has 0 aliphatic rings. The second kappa shape index (κ2) is 6.35. The van der Waals surface area contributed by atoms with Crippen molar-refractivity contribution in [3.05, 3.63) is 0 Å². The van der Waals surface area contributed by atoms with Gasteiger partial charge in [-0.1, -0.05) is 13.8 Å². The van der Waals surface area contributed by atoms with E-state index in [4.69, 9.17) is 4.74 Å². The average Bonchev–Trinajstić information content (AvgIpc) is 1.97. The van der Waals surface area contributed by atoms with Crippen LogP contribution in [-0.4, -0.2) is 20.0 Å². The lowest BCUT2D eigenvalue weighted by molar-refractivity contribution is -0.112. The third-order valence-electron chi connectivity index (χ3n) is 1.66. The lowest BCUT2D eigenvalue weighted by Gasteiger charge is -2.11. The number of ether oxygens (including phenoxy) is 1. The number of hydrogen-bond acceptors (Lipinski definition) is 2. The lowest BCUT2D eigenvalue weighted by atomic mass is 9.96. The molecule has 0 saturated carbocycles. The number of carbonyl (C=O) groups excluding carboxylic acids is 1. The summed E-state index contributed by atoms with van der Waals surface area (Å²) in [5.41, 5.74) is 0. The van der Waals surface area contributed by atoms with Crippen molar-refractivity contribution in [1.29, 1.82) is 0 Å². The predicted octanol–water partition coefficient (Wildman–Crippen LogP) is 1.88. The molecule has 1 atom stereocenters. The summed E-state index contributed by atoms with van der Waals surface area (Å²) < 4.78 is 4.90. The first-order chi connectivity index (χ1) is 5.20. The fourth-order valence-electron chi connectivity index (χ4n) is 1.12. The van der Waals surface area contributed by atoms with Gasteiger partial charge in [0.25, 0.3) is 0 Å². The summed E-state index contributed by atoms with van der Waals surface area (Å²) in [5.74, 6) is 0.789. The van der Waals surface area contributed by atoms with Gasteiger partial charge in [-0.3, -0.25) is 0 Å². The quantitative estimate of drug-likeness (QED) is 0.552. The minimum Gasteiger partial charge on any atom is -0.385 e. The smallest absolute Gasteiger partial charge is 0.123 e. The summed E-state index contributed by atoms with van der Waals surface area (Å²) >= 11 is 0. The van der Waals surface area contributed by atoms with Gasteiger partial charge in [0.2, 0.25) is 0 Å². The molecule has 66 valence electrons. The van der Waals surface area contributed by atoms with Gasteiger partial charge in [-0.2, -0.15) is 0 Å². The van der Waals surface area contributed by atoms with E-state index in [2.05, 4.69) is 13.8 Å². The molecule has 0 aromatic heterocycles. The maximum atomic E-state index is 10.5. The second-order valence-electron chi connectivity index (χ2n) is 3.31. The normalized spacial score (nSPS) is 13.5. The van der Waals surface area contributed by atoms with Crippen LogP contribution in [-0.2, 0) is 9.53 Å². The molecule has 0 amide bonds. The van der Waals surface area contributed by atoms with E-state index in [0.29, 0.717) is 12.5 Å². The molecule has 2 heteroatoms. The first-order valence-corrected chi connectivity index (χ1v) is 4.15. The second-order valence-corrected chi connectivity index (χ2v) is 3.31. The molecule has 0 fully saturated rings. The molecule has 0 bridgehead atoms. The molecule has 0 N–H and O–H groups in total. The Bertz CT molecular complexity index is 99.7. The van der Waals surface area contributed by atoms with E-state index in [-0.39, 0.29) is 5.92 Å². The fourth-order valence-corrected chi connectivity index (χ4v) is 1.12. The Balaban J connectivity index is 3.49. The van der Waals surface area contributed by atoms with Gasteiger partial charge in [0.1, 0.15) is 6.29 Å². The van der Waals surface area contributed by atoms with Gasteiger partial charge in [-0.15, -0.1) is 0 Å². The predicted molar refractivity (Wildman–Crippen MR) is 45.5 cm³/mol. The van der Waals surface area contributed by atoms with Crippen LogP contribution < -0.4 is 0 Å². The summed E-state index contributed by atoms with van der Waals surface area (Å²) in [7, 11) is 1.66. The molecular formula is C9H18O2. The van der Waals surface area contributed by atoms with Crippen LogP contribution >= 0.6 is 0 Å². The Morgan fingerprint density at radius 2 is 2.09 bits per heavy atom. The van der Waals surface area contributed by atoms with Crippen molar-refractivity contribution in [2.75, 3.05) is 13.7 Å². The Hall–Kier alpha value is -0.370. The summed E-state index contributed by atoms with van der Waals surface area (Å²) in [6.07, 6.45) is 2.88. The van der Waals surface area contributed by atoms with Crippen molar-refractivity contribution in [3.63, 3.8) is 0 Å². The molecule has 0 aromatic rings. The summed E-state index contributed by atoms with van der Waals surface area (Å²) in [6, 6.07) is 0. The van der Waals surface area contributed by atoms with E-state index >= 15 is 0 Å². The Labute approximate surface area is 68.9 Å². The summed E-state index contributed by atoms with van der Waals surface area (Å²) in [4.78, 5) is 10.5. The van der Waals surface area contributed by atoms with E-state index in [1.807, 2.05) is 0 Å². The number of hydrogen-bond donors (Lipinski definition) is 0. The van der Waals surface area contributed by atoms with E-state index in [1.165, 1.54) is 0 Å². The van der Waals surface area contributed by atoms with E-state index in [1.54, 1.807) is 7.11 Å². The minimum atomic E-state index is 0.190. The molecule has 0 spiro atoms. The first kappa shape index (κ1) is 10.6. The van der Waals surface area contributed by atoms with Gasteiger partial charge >= 0.3 is 0 Å². The van der Waals surface area contributed by atoms with Gasteiger partial charge < -0.3 is 9.53 Å². The van der Waals surface area contributed by atoms with Crippen LogP contribution in [0.2, 0.25) is 0 Å². The molecule has 0 radical (unpaired) electrons. The van der Waals surface area contributed by atoms with Crippen molar-refractivity contribution in [1.82, 2.24) is 0 Å². The SMILES string of the molecule is COCC[C@@H](C=O)CC(C)C. The first-order valence-electron chi connectivity index (χ1n) is 4.15. The van der Waals surface area contributed by atoms with E-state index < -0.39 is 0 Å². The number of methoxy groups -OCH3 is 1. The summed E-state index contributed by atoms with van der Waals surface area (Å²) in [6.45, 7) is 4.95. The number of rotatable bonds is 6. The van der Waals surface area contributed by atoms with Crippen molar-refractivity contribution in [3.8, 4) is 0 Å². The Kier molecular flexibility index (Phi) is 6.13. The van der Waals surface area contributed by atoms with Crippen LogP contribution in [0.5, 0.6) is 0 Å². The highest BCUT2D eigenvalue weighted by atomic mass is 16.5. The molecule has 2 nitrogen and oxygen atoms in total. The summed E-state index contributed by atoms with van der Waals surface area (Å²) in [5, 5.41) is 0. The average molecular weight is 158 g/mol. The van der Waals surface area contributed by atoms with Crippen molar-refractivity contribution >= 4 is 6.29 Å². The topological polar surface area (TPSA) is 26.3 Å². The van der Waals surface area contributed by atoms with Crippen LogP contribution in [0.25, 0.3) is 0 Å². The number of carbonyl (C=O) groups is 1. The van der Waals surface area contributed by atoms with Crippen molar-refractivity contribution in [2.24, 2.45) is 11.8 Å². The highest BCUT2D eigenvalue weighted by Crippen LogP contribution is 2.12. The molecular weight excluding hydrogens is 140 g/mol. The van der Waals surface area contributed by atoms with Gasteiger partial charge in [0.05, 0.1) is 0 Å². The van der Waals surface area contributed by atoms with Crippen LogP contribution in [0.3, 0.4) is 0 Å². The molecule has 0 aliphatic carbocycles. The zero-order valence-electron chi connectivity index (χ0n) is 7.67. The Morgan fingerprint density at radius 1 is 1.45 bits per heavy atom. The molecule has 0 aliphatic heterocycles. The molecule has 11 heavy (non-hydrogen) atoms. The van der Waals surface area contributed by atoms with Gasteiger partial charge in [-0.05, 0) is 18.8 Å². The standard InChI is InChI=1S/C9H18O2/c1-8(2)6-9(7-10)4-5-11-3/h7-9H,4-6H2,1-3H3/t9-/m1/s1. The van der Waals surface area contributed by atoms with Crippen LogP contribution in [0, 0.1) is 11.8 Å². The maximum Gasteiger partial charge on any atom is 0.123 e. The third kappa shape index (κ3) is 6.05. The van der Waals surface area contributed by atoms with Crippen molar-refractivity contribution < 1.29 is 9.53 Å². The van der Waals surface area contributed by atoms with Crippen LogP contribution in [0.4, 0.5) is 0 Å². The lowest BCUT2D eigenvalue weighted by Crippen LogP contribution is -2.08. The third-order valence-corrected chi connectivity index (χ3v) is 1.66. The Morgan fingerprint density at radius 3 is 2.45 bits per heavy atom. The highest BCUT2D eigenvalue weighted by Gasteiger charge is 2.08. The van der Waals surface area contributed by atoms with Gasteiger partial charge in [0, 0.05) is 19.6 Å². The van der Waals surface area contributed by atoms with Gasteiger partial charge in [-0.25, -0.2) is 0 Å². The zero-order valence-corrected chi connectivity index (χ0v) is 7.67. The fraction of sp³-hybridized carbons (Fsp3) is 0.889. The zero-order chi connectivity index (χ0) is 8.69. The van der Waals surface area contributed by atoms with Crippen molar-refractivity contribution in [2.45, 2.75) is 26.7 Å². The van der Waals surface area contributed by atoms with E-state index in [9.17, 15) is 4.79 Å². The molecule has 0 aromatic carbocycles. The van der Waals surface area contributed by atoms with Crippen LogP contribution in [0.1, 0.15) is 26.7 Å². The van der Waals surface area contributed by atoms with E-state index in [0.717, 1.165) is 19.1 Å². The molecule has 0 heterocycles. The minimum absolute atomic E-state index is 0.190. The largest absolute Gasteiger partial charge is 0.385 e. The molecule has 0 unspecified atom stereocenters. The van der Waals surface area contributed by atoms with Gasteiger partial charge in [0.15, 0.2) is 0 Å². The highest BCUT2D eigenvalue weighted by molar-refractivity contribution is 5.53. The number of aldehydes is 1. The maximum absolute atomic E-state index is 10.5. The molecule has 0 rings (SSSR count). The van der Waals surface area contributed by atoms with Crippen LogP contribution in [0.15, 0.2) is 0 Å².